The van der Waals surface area contributed by atoms with Gasteiger partial charge < -0.3 is 4.90 Å². The molecule has 1 fully saturated rings. The first-order valence-electron chi connectivity index (χ1n) is 15.0. The van der Waals surface area contributed by atoms with Crippen LogP contribution in [-0.2, 0) is 33.9 Å². The molecule has 0 bridgehead atoms. The van der Waals surface area contributed by atoms with Crippen LogP contribution in [0.15, 0.2) is 73.3 Å². The Morgan fingerprint density at radius 2 is 1.60 bits per heavy atom. The second-order valence-corrected chi connectivity index (χ2v) is 13.7. The predicted molar refractivity (Wildman–Crippen MR) is 182 cm³/mol. The molecule has 2 nitrogen and oxygen atoms in total. The average Bonchev–Trinajstić information content (AvgIpc) is 3.22. The topological polar surface area (TPSA) is 12.5 Å². The van der Waals surface area contributed by atoms with Crippen molar-refractivity contribution in [1.82, 2.24) is 0 Å². The summed E-state index contributed by atoms with van der Waals surface area (Å²) >= 11 is -0.191. The zero-order valence-electron chi connectivity index (χ0n) is 26.7. The van der Waals surface area contributed by atoms with Crippen LogP contribution < -0.4 is 9.64 Å². The number of hydrogen-bond acceptors (Lipinski definition) is 2. The van der Waals surface area contributed by atoms with Gasteiger partial charge in [-0.05, 0) is 62.3 Å². The molecule has 0 amide bonds. The summed E-state index contributed by atoms with van der Waals surface area (Å²) in [6.45, 7) is 24.4. The Hall–Kier alpha value is -2.48. The Bertz CT molecular complexity index is 1380. The zero-order valence-corrected chi connectivity index (χ0v) is 29.1. The zero-order chi connectivity index (χ0) is 30.9. The Kier molecular flexibility index (Phi) is 12.4. The molecular formula is C38H48ClNORu-. The number of anilines is 1. The van der Waals surface area contributed by atoms with E-state index in [0.717, 1.165) is 30.6 Å². The summed E-state index contributed by atoms with van der Waals surface area (Å²) in [5.41, 5.74) is 9.28. The molecule has 4 rings (SSSR count). The first-order valence-corrected chi connectivity index (χ1v) is 18.2. The number of allylic oxidation sites excluding steroid dienone is 1. The van der Waals surface area contributed by atoms with Crippen LogP contribution in [0.25, 0.3) is 12.2 Å². The molecule has 3 aromatic rings. The number of hydrogen-bond donors (Lipinski definition) is 0. The summed E-state index contributed by atoms with van der Waals surface area (Å²) in [7, 11) is 5.72. The molecule has 1 atom stereocenters. The number of para-hydroxylation sites is 2. The van der Waals surface area contributed by atoms with Crippen LogP contribution in [0.3, 0.4) is 0 Å². The van der Waals surface area contributed by atoms with Gasteiger partial charge in [0.05, 0.1) is 0 Å². The third kappa shape index (κ3) is 7.92. The van der Waals surface area contributed by atoms with Crippen LogP contribution >= 0.6 is 9.69 Å². The van der Waals surface area contributed by atoms with Gasteiger partial charge in [-0.1, -0.05) is 87.5 Å². The maximum atomic E-state index is 5.72. The Morgan fingerprint density at radius 3 is 2.17 bits per heavy atom. The van der Waals surface area contributed by atoms with Crippen molar-refractivity contribution in [2.24, 2.45) is 0 Å². The fraction of sp³-hybridized carbons (Fsp3) is 0.368. The fourth-order valence-electron chi connectivity index (χ4n) is 6.13. The quantitative estimate of drug-likeness (QED) is 0.166. The molecule has 1 aliphatic heterocycles. The molecule has 0 aromatic heterocycles. The first kappa shape index (κ1) is 34.0. The standard InChI is InChI=1S/C28H36N.C10H12O.ClH.Ru/c1-8-14-24-21(9-2)15-13-18-25(24)28(7)19-27(5,6)29(20-28)26-22(10-3)16-12-17-23(26)11-4;1-8(2)11-10-7-5-4-6-9(10)3;;/h8-9,12-18,20H,2,10-11,19H2,1,3-7H3;3-8H,1-2H3;1H;/q-1;;;+1/p-1/b14-8-;;;. The minimum atomic E-state index is -0.191. The maximum absolute atomic E-state index is 5.72. The normalized spacial score (nSPS) is 18.2. The van der Waals surface area contributed by atoms with E-state index in [1.165, 1.54) is 33.5 Å². The van der Waals surface area contributed by atoms with Crippen molar-refractivity contribution in [3.05, 3.63) is 113 Å². The second-order valence-electron chi connectivity index (χ2n) is 11.9. The third-order valence-corrected chi connectivity index (χ3v) is 9.00. The van der Waals surface area contributed by atoms with Crippen molar-refractivity contribution in [3.8, 4) is 5.75 Å². The number of halogens is 1. The van der Waals surface area contributed by atoms with E-state index in [-0.39, 0.29) is 32.7 Å². The van der Waals surface area contributed by atoms with E-state index in [9.17, 15) is 0 Å². The number of nitrogens with zero attached hydrogens (tertiary/aromatic N) is 1. The summed E-state index contributed by atoms with van der Waals surface area (Å²) in [6, 6.07) is 21.4. The van der Waals surface area contributed by atoms with Gasteiger partial charge in [0.15, 0.2) is 0 Å². The van der Waals surface area contributed by atoms with Gasteiger partial charge in [0, 0.05) is 11.2 Å². The molecule has 4 heteroatoms. The van der Waals surface area contributed by atoms with Crippen molar-refractivity contribution >= 4 is 32.1 Å². The van der Waals surface area contributed by atoms with E-state index >= 15 is 0 Å². The van der Waals surface area contributed by atoms with Crippen molar-refractivity contribution in [2.75, 3.05) is 4.90 Å². The molecule has 0 spiro atoms. The van der Waals surface area contributed by atoms with Crippen LogP contribution in [0.5, 0.6) is 5.75 Å². The van der Waals surface area contributed by atoms with Gasteiger partial charge in [0.1, 0.15) is 0 Å². The SMILES string of the molecule is C=Cc1cccc(C2(C)[CH-]N(c3c(CC)cccc3CC)C(C)(C)C2)c1/C=C\C.CC(C)Oc1ccccc1[CH]=[Ru][Cl]. The first-order chi connectivity index (χ1) is 20.0. The van der Waals surface area contributed by atoms with Crippen molar-refractivity contribution in [1.29, 1.82) is 0 Å². The van der Waals surface area contributed by atoms with Gasteiger partial charge in [-0.15, -0.1) is 5.41 Å². The van der Waals surface area contributed by atoms with E-state index in [1.54, 1.807) is 0 Å². The molecule has 1 saturated heterocycles. The van der Waals surface area contributed by atoms with Gasteiger partial charge in [-0.25, -0.2) is 6.54 Å². The molecule has 3 aromatic carbocycles. The van der Waals surface area contributed by atoms with Crippen molar-refractivity contribution in [3.63, 3.8) is 0 Å². The summed E-state index contributed by atoms with van der Waals surface area (Å²) in [5, 5.41) is 0. The Morgan fingerprint density at radius 1 is 0.976 bits per heavy atom. The fourth-order valence-corrected chi connectivity index (χ4v) is 7.24. The average molecular weight is 671 g/mol. The molecular weight excluding hydrogens is 623 g/mol. The van der Waals surface area contributed by atoms with E-state index < -0.39 is 0 Å². The molecule has 0 radical (unpaired) electrons. The van der Waals surface area contributed by atoms with Gasteiger partial charge >= 0.3 is 90.3 Å². The van der Waals surface area contributed by atoms with Crippen molar-refractivity contribution < 1.29 is 20.4 Å². The Balaban J connectivity index is 0.000000312. The van der Waals surface area contributed by atoms with Gasteiger partial charge in [0.2, 0.25) is 0 Å². The second kappa shape index (κ2) is 15.3. The van der Waals surface area contributed by atoms with Crippen LogP contribution in [0.2, 0.25) is 0 Å². The summed E-state index contributed by atoms with van der Waals surface area (Å²) < 4.78 is 7.66. The van der Waals surface area contributed by atoms with Crippen molar-refractivity contribution in [2.45, 2.75) is 91.7 Å². The molecule has 1 aliphatic rings. The van der Waals surface area contributed by atoms with E-state index in [4.69, 9.17) is 14.4 Å². The molecule has 0 N–H and O–H groups in total. The number of benzene rings is 3. The predicted octanol–water partition coefficient (Wildman–Crippen LogP) is 10.5. The minimum absolute atomic E-state index is 0.0385. The summed E-state index contributed by atoms with van der Waals surface area (Å²) in [4.78, 5) is 2.57. The number of ether oxygens (including phenoxy) is 1. The molecule has 1 heterocycles. The third-order valence-electron chi connectivity index (χ3n) is 7.81. The monoisotopic (exact) mass is 671 g/mol. The van der Waals surface area contributed by atoms with E-state index in [0.29, 0.717) is 0 Å². The van der Waals surface area contributed by atoms with Crippen LogP contribution in [0.1, 0.15) is 95.2 Å². The molecule has 227 valence electrons. The Labute approximate surface area is 267 Å². The van der Waals surface area contributed by atoms with Gasteiger partial charge in [-0.3, -0.25) is 0 Å². The summed E-state index contributed by atoms with van der Waals surface area (Å²) in [6.07, 6.45) is 9.73. The molecule has 42 heavy (non-hydrogen) atoms. The number of aryl methyl sites for hydroxylation is 2. The van der Waals surface area contributed by atoms with E-state index in [2.05, 4.69) is 108 Å². The van der Waals surface area contributed by atoms with Gasteiger partial charge in [0.25, 0.3) is 0 Å². The molecule has 0 saturated carbocycles. The summed E-state index contributed by atoms with van der Waals surface area (Å²) in [5.74, 6) is 0.924. The van der Waals surface area contributed by atoms with E-state index in [1.807, 2.05) is 48.8 Å². The molecule has 0 aliphatic carbocycles. The van der Waals surface area contributed by atoms with Crippen LogP contribution in [0.4, 0.5) is 5.69 Å². The van der Waals surface area contributed by atoms with Crippen LogP contribution in [0, 0.1) is 6.54 Å². The van der Waals surface area contributed by atoms with Crippen LogP contribution in [-0.4, -0.2) is 16.3 Å². The molecule has 1 unspecified atom stereocenters. The number of rotatable bonds is 9. The van der Waals surface area contributed by atoms with Gasteiger partial charge in [-0.2, -0.15) is 0 Å².